The Morgan fingerprint density at radius 2 is 1.70 bits per heavy atom. The van der Waals surface area contributed by atoms with Gasteiger partial charge in [0.1, 0.15) is 0 Å². The standard InChI is InChI=1S/C27H46O8S2/c1-18(2)6-5-7-19(17-34-36(28,29)30)23-10-11-24-22-9-8-20-16-21(35-37(31,32)33)12-14-26(20,3)25(22)13-15-27(23,24)4/h8,18-19,21-25H,5-7,9-17H2,1-4H3,(H,28,29,30)(H,31,32,33)/t19-,21+,22?,23+,24?,25?,26-,27+/m0/s1. The van der Waals surface area contributed by atoms with E-state index in [1.54, 1.807) is 0 Å². The lowest BCUT2D eigenvalue weighted by molar-refractivity contribution is -0.0605. The zero-order chi connectivity index (χ0) is 27.2. The predicted molar refractivity (Wildman–Crippen MR) is 141 cm³/mol. The molecule has 0 bridgehead atoms. The Morgan fingerprint density at radius 1 is 0.973 bits per heavy atom. The highest BCUT2D eigenvalue weighted by atomic mass is 32.3. The largest absolute Gasteiger partial charge is 0.397 e. The van der Waals surface area contributed by atoms with Crippen LogP contribution in [0, 0.1) is 46.3 Å². The van der Waals surface area contributed by atoms with Crippen molar-refractivity contribution in [3.05, 3.63) is 11.6 Å². The van der Waals surface area contributed by atoms with Gasteiger partial charge in [0, 0.05) is 0 Å². The molecular formula is C27H46O8S2. The molecule has 214 valence electrons. The Kier molecular flexibility index (Phi) is 8.60. The second-order valence-electron chi connectivity index (χ2n) is 13.2. The molecule has 0 aromatic rings. The van der Waals surface area contributed by atoms with E-state index in [0.29, 0.717) is 42.4 Å². The van der Waals surface area contributed by atoms with Crippen LogP contribution >= 0.6 is 0 Å². The van der Waals surface area contributed by atoms with E-state index in [0.717, 1.165) is 57.8 Å². The van der Waals surface area contributed by atoms with Crippen LogP contribution in [0.4, 0.5) is 0 Å². The van der Waals surface area contributed by atoms with Crippen LogP contribution in [0.15, 0.2) is 11.6 Å². The van der Waals surface area contributed by atoms with E-state index < -0.39 is 26.9 Å². The minimum Gasteiger partial charge on any atom is -0.264 e. The third kappa shape index (κ3) is 6.46. The fourth-order valence-electron chi connectivity index (χ4n) is 9.06. The van der Waals surface area contributed by atoms with E-state index in [1.807, 2.05) is 0 Å². The van der Waals surface area contributed by atoms with Crippen molar-refractivity contribution in [2.24, 2.45) is 46.3 Å². The summed E-state index contributed by atoms with van der Waals surface area (Å²) >= 11 is 0. The van der Waals surface area contributed by atoms with E-state index in [4.69, 9.17) is 12.9 Å². The molecule has 2 N–H and O–H groups in total. The van der Waals surface area contributed by atoms with E-state index in [2.05, 4.69) is 33.8 Å². The summed E-state index contributed by atoms with van der Waals surface area (Å²) in [7, 11) is -8.92. The van der Waals surface area contributed by atoms with Gasteiger partial charge in [0.15, 0.2) is 0 Å². The van der Waals surface area contributed by atoms with Crippen molar-refractivity contribution in [1.82, 2.24) is 0 Å². The quantitative estimate of drug-likeness (QED) is 0.245. The number of rotatable bonds is 10. The summed E-state index contributed by atoms with van der Waals surface area (Å²) in [6.07, 6.45) is 12.2. The van der Waals surface area contributed by atoms with Crippen LogP contribution in [-0.4, -0.2) is 38.7 Å². The first-order valence-corrected chi connectivity index (χ1v) is 16.8. The van der Waals surface area contributed by atoms with Crippen LogP contribution in [-0.2, 0) is 29.2 Å². The van der Waals surface area contributed by atoms with Gasteiger partial charge < -0.3 is 0 Å². The molecule has 4 aliphatic rings. The molecule has 0 heterocycles. The Balaban J connectivity index is 1.52. The first-order valence-electron chi connectivity index (χ1n) is 14.1. The van der Waals surface area contributed by atoms with Crippen LogP contribution < -0.4 is 0 Å². The van der Waals surface area contributed by atoms with Gasteiger partial charge in [-0.25, -0.2) is 8.37 Å². The van der Waals surface area contributed by atoms with Crippen molar-refractivity contribution in [3.63, 3.8) is 0 Å². The van der Waals surface area contributed by atoms with Gasteiger partial charge in [-0.2, -0.15) is 16.8 Å². The molecule has 0 amide bonds. The van der Waals surface area contributed by atoms with Gasteiger partial charge in [0.25, 0.3) is 0 Å². The summed E-state index contributed by atoms with van der Waals surface area (Å²) in [4.78, 5) is 0. The molecule has 8 atom stereocenters. The summed E-state index contributed by atoms with van der Waals surface area (Å²) in [6, 6.07) is 0. The summed E-state index contributed by atoms with van der Waals surface area (Å²) in [5, 5.41) is 0. The van der Waals surface area contributed by atoms with Crippen molar-refractivity contribution in [3.8, 4) is 0 Å². The third-order valence-electron chi connectivity index (χ3n) is 10.7. The van der Waals surface area contributed by atoms with Crippen molar-refractivity contribution in [1.29, 1.82) is 0 Å². The highest BCUT2D eigenvalue weighted by Crippen LogP contribution is 2.67. The summed E-state index contributed by atoms with van der Waals surface area (Å²) in [5.74, 6) is 2.69. The van der Waals surface area contributed by atoms with Gasteiger partial charge in [-0.15, -0.1) is 0 Å². The van der Waals surface area contributed by atoms with Crippen LogP contribution in [0.5, 0.6) is 0 Å². The van der Waals surface area contributed by atoms with Gasteiger partial charge in [-0.1, -0.05) is 52.2 Å². The topological polar surface area (TPSA) is 127 Å². The SMILES string of the molecule is CC(C)CCC[C@@H](COS(=O)(=O)O)[C@H]1CCC2C3CC=C4C[C@H](OS(=O)(=O)O)CC[C@]4(C)C3CC[C@@]21C. The lowest BCUT2D eigenvalue weighted by atomic mass is 9.47. The van der Waals surface area contributed by atoms with E-state index in [1.165, 1.54) is 5.57 Å². The van der Waals surface area contributed by atoms with Crippen molar-refractivity contribution in [2.45, 2.75) is 104 Å². The normalized spacial score (nSPS) is 39.0. The Labute approximate surface area is 223 Å². The fourth-order valence-corrected chi connectivity index (χ4v) is 9.91. The second kappa shape index (κ2) is 10.8. The molecule has 0 aliphatic heterocycles. The smallest absolute Gasteiger partial charge is 0.264 e. The molecule has 37 heavy (non-hydrogen) atoms. The molecule has 0 saturated heterocycles. The molecule has 0 spiro atoms. The Bertz CT molecular complexity index is 1070. The maximum atomic E-state index is 11.4. The molecule has 3 fully saturated rings. The molecule has 4 aliphatic carbocycles. The Hall–Kier alpha value is -0.520. The second-order valence-corrected chi connectivity index (χ2v) is 15.3. The summed E-state index contributed by atoms with van der Waals surface area (Å²) in [6.45, 7) is 9.20. The monoisotopic (exact) mass is 562 g/mol. The van der Waals surface area contributed by atoms with Crippen LogP contribution in [0.1, 0.15) is 98.3 Å². The molecule has 8 nitrogen and oxygen atoms in total. The van der Waals surface area contributed by atoms with Crippen molar-refractivity contribution < 1.29 is 34.3 Å². The van der Waals surface area contributed by atoms with E-state index in [-0.39, 0.29) is 23.4 Å². The van der Waals surface area contributed by atoms with Crippen LogP contribution in [0.3, 0.4) is 0 Å². The molecule has 4 rings (SSSR count). The summed E-state index contributed by atoms with van der Waals surface area (Å²) in [5.41, 5.74) is 1.41. The third-order valence-corrected chi connectivity index (χ3v) is 11.7. The zero-order valence-corrected chi connectivity index (χ0v) is 24.4. The number of hydrogen-bond donors (Lipinski definition) is 2. The van der Waals surface area contributed by atoms with Crippen molar-refractivity contribution >= 4 is 20.8 Å². The minimum atomic E-state index is -4.47. The molecule has 10 heteroatoms. The van der Waals surface area contributed by atoms with E-state index in [9.17, 15) is 21.4 Å². The molecule has 0 aromatic carbocycles. The predicted octanol–water partition coefficient (Wildman–Crippen LogP) is 6.02. The first-order chi connectivity index (χ1) is 17.1. The molecular weight excluding hydrogens is 516 g/mol. The maximum Gasteiger partial charge on any atom is 0.397 e. The Morgan fingerprint density at radius 3 is 2.35 bits per heavy atom. The van der Waals surface area contributed by atoms with Gasteiger partial charge in [-0.3, -0.25) is 9.11 Å². The first kappa shape index (κ1) is 29.5. The molecule has 3 saturated carbocycles. The van der Waals surface area contributed by atoms with Gasteiger partial charge in [0.05, 0.1) is 12.7 Å². The van der Waals surface area contributed by atoms with Gasteiger partial charge in [-0.05, 0) is 104 Å². The average Bonchev–Trinajstić information content (AvgIpc) is 3.11. The van der Waals surface area contributed by atoms with Crippen LogP contribution in [0.25, 0.3) is 0 Å². The lowest BCUT2D eigenvalue weighted by Gasteiger charge is -2.58. The molecule has 0 radical (unpaired) electrons. The average molecular weight is 563 g/mol. The van der Waals surface area contributed by atoms with Crippen LogP contribution in [0.2, 0.25) is 0 Å². The number of hydrogen-bond acceptors (Lipinski definition) is 6. The zero-order valence-electron chi connectivity index (χ0n) is 22.8. The highest BCUT2D eigenvalue weighted by Gasteiger charge is 2.59. The molecule has 3 unspecified atom stereocenters. The molecule has 0 aromatic heterocycles. The van der Waals surface area contributed by atoms with E-state index >= 15 is 0 Å². The lowest BCUT2D eigenvalue weighted by Crippen LogP contribution is -2.51. The minimum absolute atomic E-state index is 0.0200. The van der Waals surface area contributed by atoms with Gasteiger partial charge >= 0.3 is 20.8 Å². The van der Waals surface area contributed by atoms with Crippen molar-refractivity contribution in [2.75, 3.05) is 6.61 Å². The number of fused-ring (bicyclic) bond motifs is 5. The highest BCUT2D eigenvalue weighted by molar-refractivity contribution is 7.81. The number of allylic oxidation sites excluding steroid dienone is 1. The fraction of sp³-hybridized carbons (Fsp3) is 0.926. The maximum absolute atomic E-state index is 11.4. The van der Waals surface area contributed by atoms with Gasteiger partial charge in [0.2, 0.25) is 0 Å². The summed E-state index contributed by atoms with van der Waals surface area (Å²) < 4.78 is 73.7.